The van der Waals surface area contributed by atoms with Crippen LogP contribution in [0.1, 0.15) is 16.1 Å². The van der Waals surface area contributed by atoms with Gasteiger partial charge in [-0.05, 0) is 71.9 Å². The maximum atomic E-state index is 12.5. The molecule has 5 nitrogen and oxygen atoms in total. The molecule has 4 aromatic rings. The zero-order valence-corrected chi connectivity index (χ0v) is 17.4. The van der Waals surface area contributed by atoms with Crippen LogP contribution in [0.3, 0.4) is 0 Å². The first-order valence-corrected chi connectivity index (χ1v) is 10.1. The molecule has 3 N–H and O–H groups in total. The number of aliphatic hydroxyl groups is 1. The van der Waals surface area contributed by atoms with Crippen LogP contribution < -0.4 is 10.6 Å². The highest BCUT2D eigenvalue weighted by molar-refractivity contribution is 7.80. The number of nitrogens with one attached hydrogen (secondary N) is 2. The van der Waals surface area contributed by atoms with Crippen molar-refractivity contribution in [2.45, 2.75) is 6.61 Å². The summed E-state index contributed by atoms with van der Waals surface area (Å²) in [4.78, 5) is 12.5. The number of furan rings is 1. The summed E-state index contributed by atoms with van der Waals surface area (Å²) < 4.78 is 5.52. The lowest BCUT2D eigenvalue weighted by molar-refractivity contribution is 0.0977. The number of rotatable bonds is 5. The highest BCUT2D eigenvalue weighted by Crippen LogP contribution is 2.24. The summed E-state index contributed by atoms with van der Waals surface area (Å²) in [5.74, 6) is 0.907. The lowest BCUT2D eigenvalue weighted by Crippen LogP contribution is -2.34. The van der Waals surface area contributed by atoms with Crippen molar-refractivity contribution in [3.8, 4) is 22.5 Å². The molecular formula is C25H20N2O3S. The Kier molecular flexibility index (Phi) is 6.21. The predicted octanol–water partition coefficient (Wildman–Crippen LogP) is 5.23. The second-order valence-corrected chi connectivity index (χ2v) is 7.26. The van der Waals surface area contributed by atoms with Gasteiger partial charge in [0.1, 0.15) is 18.1 Å². The summed E-state index contributed by atoms with van der Waals surface area (Å²) in [5, 5.41) is 15.0. The van der Waals surface area contributed by atoms with Gasteiger partial charge in [-0.3, -0.25) is 10.1 Å². The monoisotopic (exact) mass is 428 g/mol. The quantitative estimate of drug-likeness (QED) is 0.380. The van der Waals surface area contributed by atoms with Gasteiger partial charge >= 0.3 is 0 Å². The van der Waals surface area contributed by atoms with Crippen LogP contribution in [0.25, 0.3) is 22.5 Å². The molecule has 0 aliphatic heterocycles. The van der Waals surface area contributed by atoms with Gasteiger partial charge in [0.05, 0.1) is 0 Å². The predicted molar refractivity (Wildman–Crippen MR) is 126 cm³/mol. The molecule has 0 radical (unpaired) electrons. The van der Waals surface area contributed by atoms with Crippen LogP contribution in [0.5, 0.6) is 0 Å². The van der Waals surface area contributed by atoms with E-state index in [1.165, 1.54) is 0 Å². The van der Waals surface area contributed by atoms with Crippen LogP contribution >= 0.6 is 12.2 Å². The molecule has 154 valence electrons. The highest BCUT2D eigenvalue weighted by Gasteiger charge is 2.09. The third-order valence-electron chi connectivity index (χ3n) is 4.73. The summed E-state index contributed by atoms with van der Waals surface area (Å²) in [6.07, 6.45) is 0. The Bertz CT molecular complexity index is 1180. The molecule has 1 amide bonds. The van der Waals surface area contributed by atoms with Crippen molar-refractivity contribution in [2.24, 2.45) is 0 Å². The number of hydrogen-bond donors (Lipinski definition) is 3. The molecule has 0 unspecified atom stereocenters. The average molecular weight is 429 g/mol. The van der Waals surface area contributed by atoms with E-state index in [1.807, 2.05) is 72.8 Å². The molecule has 4 rings (SSSR count). The SMILES string of the molecule is O=C(NC(=S)Nc1ccc(-c2ccc(CO)o2)cc1)c1ccc(-c2ccccc2)cc1. The second kappa shape index (κ2) is 9.38. The molecule has 0 aliphatic carbocycles. The Labute approximate surface area is 185 Å². The Morgan fingerprint density at radius 1 is 0.806 bits per heavy atom. The molecule has 0 saturated carbocycles. The van der Waals surface area contributed by atoms with Gasteiger partial charge in [0.2, 0.25) is 0 Å². The maximum absolute atomic E-state index is 12.5. The zero-order chi connectivity index (χ0) is 21.6. The topological polar surface area (TPSA) is 74.5 Å². The summed E-state index contributed by atoms with van der Waals surface area (Å²) in [7, 11) is 0. The van der Waals surface area contributed by atoms with E-state index in [-0.39, 0.29) is 17.6 Å². The first-order chi connectivity index (χ1) is 15.1. The molecule has 1 heterocycles. The van der Waals surface area contributed by atoms with Crippen LogP contribution in [-0.2, 0) is 6.61 Å². The molecule has 0 saturated heterocycles. The Balaban J connectivity index is 1.35. The van der Waals surface area contributed by atoms with Crippen LogP contribution in [0, 0.1) is 0 Å². The fourth-order valence-corrected chi connectivity index (χ4v) is 3.33. The van der Waals surface area contributed by atoms with Crippen molar-refractivity contribution < 1.29 is 14.3 Å². The first-order valence-electron chi connectivity index (χ1n) is 9.70. The van der Waals surface area contributed by atoms with Crippen LogP contribution in [0.15, 0.2) is 95.4 Å². The van der Waals surface area contributed by atoms with E-state index in [2.05, 4.69) is 10.6 Å². The summed E-state index contributed by atoms with van der Waals surface area (Å²) in [6.45, 7) is -0.136. The van der Waals surface area contributed by atoms with Gasteiger partial charge in [0, 0.05) is 16.8 Å². The minimum absolute atomic E-state index is 0.136. The number of thiocarbonyl (C=S) groups is 1. The molecule has 0 aliphatic rings. The van der Waals surface area contributed by atoms with E-state index in [4.69, 9.17) is 21.7 Å². The van der Waals surface area contributed by atoms with Gasteiger partial charge in [0.25, 0.3) is 5.91 Å². The van der Waals surface area contributed by atoms with Gasteiger partial charge in [-0.25, -0.2) is 0 Å². The Hall–Kier alpha value is -3.74. The number of anilines is 1. The van der Waals surface area contributed by atoms with Gasteiger partial charge < -0.3 is 14.8 Å². The van der Waals surface area contributed by atoms with Crippen LogP contribution in [-0.4, -0.2) is 16.1 Å². The van der Waals surface area contributed by atoms with E-state index < -0.39 is 0 Å². The molecule has 6 heteroatoms. The zero-order valence-electron chi connectivity index (χ0n) is 16.5. The normalized spacial score (nSPS) is 10.5. The van der Waals surface area contributed by atoms with Gasteiger partial charge in [-0.15, -0.1) is 0 Å². The van der Waals surface area contributed by atoms with Crippen molar-refractivity contribution in [1.82, 2.24) is 5.32 Å². The summed E-state index contributed by atoms with van der Waals surface area (Å²) in [5.41, 5.74) is 4.27. The molecule has 3 aromatic carbocycles. The number of benzene rings is 3. The van der Waals surface area contributed by atoms with Gasteiger partial charge in [-0.2, -0.15) is 0 Å². The largest absolute Gasteiger partial charge is 0.459 e. The number of amides is 1. The summed E-state index contributed by atoms with van der Waals surface area (Å²) in [6, 6.07) is 28.3. The van der Waals surface area contributed by atoms with Crippen molar-refractivity contribution in [1.29, 1.82) is 0 Å². The van der Waals surface area contributed by atoms with E-state index >= 15 is 0 Å². The molecule has 31 heavy (non-hydrogen) atoms. The van der Waals surface area contributed by atoms with E-state index in [1.54, 1.807) is 18.2 Å². The molecule has 0 atom stereocenters. The molecular weight excluding hydrogens is 408 g/mol. The highest BCUT2D eigenvalue weighted by atomic mass is 32.1. The number of carbonyl (C=O) groups excluding carboxylic acids is 1. The van der Waals surface area contributed by atoms with Gasteiger partial charge in [-0.1, -0.05) is 42.5 Å². The number of carbonyl (C=O) groups is 1. The van der Waals surface area contributed by atoms with Gasteiger partial charge in [0.15, 0.2) is 5.11 Å². The smallest absolute Gasteiger partial charge is 0.257 e. The van der Waals surface area contributed by atoms with Crippen LogP contribution in [0.4, 0.5) is 5.69 Å². The maximum Gasteiger partial charge on any atom is 0.257 e. The number of hydrogen-bond acceptors (Lipinski definition) is 4. The second-order valence-electron chi connectivity index (χ2n) is 6.85. The number of aliphatic hydroxyl groups excluding tert-OH is 1. The van der Waals surface area contributed by atoms with Crippen molar-refractivity contribution >= 4 is 28.9 Å². The third-order valence-corrected chi connectivity index (χ3v) is 4.93. The first kappa shape index (κ1) is 20.5. The van der Waals surface area contributed by atoms with E-state index in [9.17, 15) is 4.79 Å². The van der Waals surface area contributed by atoms with Crippen molar-refractivity contribution in [3.05, 3.63) is 102 Å². The summed E-state index contributed by atoms with van der Waals surface area (Å²) >= 11 is 5.27. The van der Waals surface area contributed by atoms with Crippen LogP contribution in [0.2, 0.25) is 0 Å². The Morgan fingerprint density at radius 2 is 1.45 bits per heavy atom. The lowest BCUT2D eigenvalue weighted by atomic mass is 10.0. The van der Waals surface area contributed by atoms with Crippen molar-refractivity contribution in [2.75, 3.05) is 5.32 Å². The Morgan fingerprint density at radius 3 is 2.10 bits per heavy atom. The van der Waals surface area contributed by atoms with E-state index in [0.717, 1.165) is 22.4 Å². The molecule has 0 bridgehead atoms. The molecule has 1 aromatic heterocycles. The lowest BCUT2D eigenvalue weighted by Gasteiger charge is -2.10. The minimum Gasteiger partial charge on any atom is -0.459 e. The third kappa shape index (κ3) is 5.06. The van der Waals surface area contributed by atoms with E-state index in [0.29, 0.717) is 17.1 Å². The molecule has 0 spiro atoms. The standard InChI is InChI=1S/C25H20N2O3S/c28-16-22-14-15-23(30-22)19-10-12-21(13-11-19)26-25(31)27-24(29)20-8-6-18(7-9-20)17-4-2-1-3-5-17/h1-15,28H,16H2,(H2,26,27,29,31). The van der Waals surface area contributed by atoms with Crippen molar-refractivity contribution in [3.63, 3.8) is 0 Å². The average Bonchev–Trinajstić information content (AvgIpc) is 3.29. The minimum atomic E-state index is -0.277. The fourth-order valence-electron chi connectivity index (χ4n) is 3.12. The fraction of sp³-hybridized carbons (Fsp3) is 0.0400. The molecule has 0 fully saturated rings.